The summed E-state index contributed by atoms with van der Waals surface area (Å²) in [6.07, 6.45) is 0.0138. The minimum absolute atomic E-state index is 0.529. The van der Waals surface area contributed by atoms with E-state index in [4.69, 9.17) is 0 Å². The average molecular weight is 288 g/mol. The number of benzene rings is 3. The molecule has 3 aromatic carbocycles. The Morgan fingerprint density at radius 1 is 0.955 bits per heavy atom. The quantitative estimate of drug-likeness (QED) is 0.692. The van der Waals surface area contributed by atoms with Crippen molar-refractivity contribution in [2.75, 3.05) is 0 Å². The number of aryl methyl sites for hydroxylation is 1. The molecule has 1 unspecified atom stereocenters. The van der Waals surface area contributed by atoms with Crippen LogP contribution in [-0.2, 0) is 0 Å². The van der Waals surface area contributed by atoms with Crippen LogP contribution in [0.1, 0.15) is 29.2 Å². The molecule has 1 atom stereocenters. The van der Waals surface area contributed by atoms with Gasteiger partial charge in [0.15, 0.2) is 0 Å². The third-order valence-corrected chi connectivity index (χ3v) is 4.06. The number of fused-ring (bicyclic) bond motifs is 1. The fourth-order valence-electron chi connectivity index (χ4n) is 2.67. The lowest BCUT2D eigenvalue weighted by atomic mass is 9.95. The van der Waals surface area contributed by atoms with E-state index in [0.29, 0.717) is 6.42 Å². The van der Waals surface area contributed by atoms with E-state index in [1.807, 2.05) is 18.2 Å². The third kappa shape index (κ3) is 3.10. The van der Waals surface area contributed by atoms with Crippen molar-refractivity contribution in [2.45, 2.75) is 19.4 Å². The van der Waals surface area contributed by atoms with Crippen LogP contribution in [0.4, 0.5) is 0 Å². The first kappa shape index (κ1) is 14.6. The molecule has 22 heavy (non-hydrogen) atoms. The van der Waals surface area contributed by atoms with E-state index in [-0.39, 0.29) is 0 Å². The zero-order chi connectivity index (χ0) is 15.5. The molecule has 1 heteroatoms. The van der Waals surface area contributed by atoms with Gasteiger partial charge in [-0.2, -0.15) is 0 Å². The van der Waals surface area contributed by atoms with Gasteiger partial charge in [-0.3, -0.25) is 0 Å². The van der Waals surface area contributed by atoms with Crippen molar-refractivity contribution in [3.63, 3.8) is 0 Å². The lowest BCUT2D eigenvalue weighted by molar-refractivity contribution is 0.184. The standard InChI is InChI=1S/C21H20O/c1-15-7-9-17(10-8-15)16(2)13-21(22)20-12-11-18-5-3-4-6-19(18)14-20/h3-12,14,21-22H,2,13H2,1H3. The van der Waals surface area contributed by atoms with Gasteiger partial charge in [0.25, 0.3) is 0 Å². The molecule has 0 heterocycles. The number of rotatable bonds is 4. The molecule has 0 saturated carbocycles. The van der Waals surface area contributed by atoms with Crippen LogP contribution in [0.15, 0.2) is 73.3 Å². The summed E-state index contributed by atoms with van der Waals surface area (Å²) >= 11 is 0. The molecule has 0 spiro atoms. The highest BCUT2D eigenvalue weighted by molar-refractivity contribution is 5.83. The molecule has 0 amide bonds. The second-order valence-corrected chi connectivity index (χ2v) is 5.80. The van der Waals surface area contributed by atoms with Gasteiger partial charge in [0, 0.05) is 6.42 Å². The van der Waals surface area contributed by atoms with E-state index in [9.17, 15) is 5.11 Å². The summed E-state index contributed by atoms with van der Waals surface area (Å²) in [4.78, 5) is 0. The highest BCUT2D eigenvalue weighted by Crippen LogP contribution is 2.28. The normalized spacial score (nSPS) is 12.3. The number of aliphatic hydroxyl groups excluding tert-OH is 1. The Morgan fingerprint density at radius 2 is 1.64 bits per heavy atom. The summed E-state index contributed by atoms with van der Waals surface area (Å²) < 4.78 is 0. The van der Waals surface area contributed by atoms with Crippen LogP contribution in [0.25, 0.3) is 16.3 Å². The topological polar surface area (TPSA) is 20.2 Å². The summed E-state index contributed by atoms with van der Waals surface area (Å²) in [6.45, 7) is 6.19. The first-order chi connectivity index (χ1) is 10.6. The Labute approximate surface area is 131 Å². The Morgan fingerprint density at radius 3 is 2.36 bits per heavy atom. The maximum Gasteiger partial charge on any atom is 0.0830 e. The molecule has 0 aliphatic heterocycles. The zero-order valence-corrected chi connectivity index (χ0v) is 12.8. The summed E-state index contributed by atoms with van der Waals surface area (Å²) in [5.74, 6) is 0. The Bertz CT molecular complexity index is 800. The molecule has 0 radical (unpaired) electrons. The SMILES string of the molecule is C=C(CC(O)c1ccc2ccccc2c1)c1ccc(C)cc1. The fraction of sp³-hybridized carbons (Fsp3) is 0.143. The molecule has 0 aromatic heterocycles. The van der Waals surface area contributed by atoms with E-state index in [1.165, 1.54) is 10.9 Å². The first-order valence-corrected chi connectivity index (χ1v) is 7.55. The van der Waals surface area contributed by atoms with Crippen LogP contribution in [0.2, 0.25) is 0 Å². The van der Waals surface area contributed by atoms with Crippen molar-refractivity contribution in [1.29, 1.82) is 0 Å². The van der Waals surface area contributed by atoms with Gasteiger partial charge in [0.2, 0.25) is 0 Å². The van der Waals surface area contributed by atoms with Gasteiger partial charge in [-0.05, 0) is 40.5 Å². The molecular weight excluding hydrogens is 268 g/mol. The first-order valence-electron chi connectivity index (χ1n) is 7.55. The largest absolute Gasteiger partial charge is 0.388 e. The molecule has 0 bridgehead atoms. The van der Waals surface area contributed by atoms with Gasteiger partial charge in [-0.25, -0.2) is 0 Å². The van der Waals surface area contributed by atoms with Crippen LogP contribution in [0, 0.1) is 6.92 Å². The predicted octanol–water partition coefficient (Wildman–Crippen LogP) is 5.29. The van der Waals surface area contributed by atoms with Gasteiger partial charge in [0.05, 0.1) is 6.10 Å². The van der Waals surface area contributed by atoms with E-state index in [1.54, 1.807) is 0 Å². The van der Waals surface area contributed by atoms with Crippen LogP contribution >= 0.6 is 0 Å². The van der Waals surface area contributed by atoms with Gasteiger partial charge in [-0.1, -0.05) is 72.8 Å². The van der Waals surface area contributed by atoms with Crippen molar-refractivity contribution in [1.82, 2.24) is 0 Å². The molecular formula is C21H20O. The Balaban J connectivity index is 1.79. The van der Waals surface area contributed by atoms with Crippen LogP contribution in [0.3, 0.4) is 0 Å². The van der Waals surface area contributed by atoms with Crippen molar-refractivity contribution < 1.29 is 5.11 Å². The summed E-state index contributed by atoms with van der Waals surface area (Å²) in [6, 6.07) is 22.6. The fourth-order valence-corrected chi connectivity index (χ4v) is 2.67. The molecule has 0 fully saturated rings. The van der Waals surface area contributed by atoms with Crippen LogP contribution in [-0.4, -0.2) is 5.11 Å². The lowest BCUT2D eigenvalue weighted by Crippen LogP contribution is -1.99. The molecule has 3 aromatic rings. The van der Waals surface area contributed by atoms with E-state index in [2.05, 4.69) is 62.0 Å². The molecule has 1 nitrogen and oxygen atoms in total. The highest BCUT2D eigenvalue weighted by atomic mass is 16.3. The zero-order valence-electron chi connectivity index (χ0n) is 12.8. The van der Waals surface area contributed by atoms with Gasteiger partial charge < -0.3 is 5.11 Å². The van der Waals surface area contributed by atoms with Crippen LogP contribution < -0.4 is 0 Å². The molecule has 0 aliphatic carbocycles. The van der Waals surface area contributed by atoms with Gasteiger partial charge >= 0.3 is 0 Å². The Hall–Kier alpha value is -2.38. The van der Waals surface area contributed by atoms with E-state index in [0.717, 1.165) is 22.1 Å². The third-order valence-electron chi connectivity index (χ3n) is 4.06. The molecule has 0 aliphatic rings. The summed E-state index contributed by atoms with van der Waals surface area (Å²) in [5.41, 5.74) is 4.21. The molecule has 1 N–H and O–H groups in total. The van der Waals surface area contributed by atoms with Crippen molar-refractivity contribution in [3.05, 3.63) is 90.0 Å². The van der Waals surface area contributed by atoms with E-state index < -0.39 is 6.10 Å². The van der Waals surface area contributed by atoms with Gasteiger partial charge in [0.1, 0.15) is 0 Å². The minimum Gasteiger partial charge on any atom is -0.388 e. The predicted molar refractivity (Wildman–Crippen MR) is 93.7 cm³/mol. The highest BCUT2D eigenvalue weighted by Gasteiger charge is 2.11. The molecule has 110 valence electrons. The average Bonchev–Trinajstić information content (AvgIpc) is 2.55. The maximum atomic E-state index is 10.5. The van der Waals surface area contributed by atoms with Crippen LogP contribution in [0.5, 0.6) is 0 Å². The second kappa shape index (κ2) is 6.17. The Kier molecular flexibility index (Phi) is 4.08. The summed E-state index contributed by atoms with van der Waals surface area (Å²) in [7, 11) is 0. The maximum absolute atomic E-state index is 10.5. The van der Waals surface area contributed by atoms with Gasteiger partial charge in [-0.15, -0.1) is 0 Å². The molecule has 3 rings (SSSR count). The smallest absolute Gasteiger partial charge is 0.0830 e. The number of hydrogen-bond acceptors (Lipinski definition) is 1. The number of aliphatic hydroxyl groups is 1. The van der Waals surface area contributed by atoms with Crippen molar-refractivity contribution >= 4 is 16.3 Å². The minimum atomic E-state index is -0.529. The monoisotopic (exact) mass is 288 g/mol. The number of hydrogen-bond donors (Lipinski definition) is 1. The second-order valence-electron chi connectivity index (χ2n) is 5.80. The van der Waals surface area contributed by atoms with E-state index >= 15 is 0 Å². The van der Waals surface area contributed by atoms with Crippen molar-refractivity contribution in [2.24, 2.45) is 0 Å². The molecule has 0 saturated heterocycles. The summed E-state index contributed by atoms with van der Waals surface area (Å²) in [5, 5.41) is 12.8. The van der Waals surface area contributed by atoms with Crippen molar-refractivity contribution in [3.8, 4) is 0 Å². The lowest BCUT2D eigenvalue weighted by Gasteiger charge is -2.14.